The number of amides is 2. The minimum atomic E-state index is -0.413. The van der Waals surface area contributed by atoms with Gasteiger partial charge in [0.25, 0.3) is 11.8 Å². The predicted molar refractivity (Wildman–Crippen MR) is 140 cm³/mol. The van der Waals surface area contributed by atoms with Gasteiger partial charge in [-0.3, -0.25) is 9.59 Å². The van der Waals surface area contributed by atoms with Gasteiger partial charge >= 0.3 is 0 Å². The first kappa shape index (κ1) is 26.9. The molecule has 1 aliphatic carbocycles. The SMILES string of the molecule is Cc1c(F)cc(C(=O)NC2CC2)cc1-c1ccc(C(=O)NCC(C)(C)C)cc1CNCC(C)(C)C. The van der Waals surface area contributed by atoms with Crippen LogP contribution in [0.1, 0.15) is 86.2 Å². The van der Waals surface area contributed by atoms with Crippen LogP contribution in [0.15, 0.2) is 30.3 Å². The average Bonchev–Trinajstić information content (AvgIpc) is 3.56. The summed E-state index contributed by atoms with van der Waals surface area (Å²) in [6.07, 6.45) is 1.94. The fourth-order valence-corrected chi connectivity index (χ4v) is 3.75. The van der Waals surface area contributed by atoms with Gasteiger partial charge in [-0.2, -0.15) is 0 Å². The Kier molecular flexibility index (Phi) is 8.05. The lowest BCUT2D eigenvalue weighted by Crippen LogP contribution is -2.32. The highest BCUT2D eigenvalue weighted by molar-refractivity contribution is 5.97. The second-order valence-electron chi connectivity index (χ2n) is 12.2. The van der Waals surface area contributed by atoms with E-state index in [9.17, 15) is 14.0 Å². The smallest absolute Gasteiger partial charge is 0.251 e. The second kappa shape index (κ2) is 10.5. The molecular formula is C29H40FN3O2. The molecule has 0 aliphatic heterocycles. The van der Waals surface area contributed by atoms with E-state index in [4.69, 9.17) is 0 Å². The van der Waals surface area contributed by atoms with E-state index in [1.165, 1.54) is 6.07 Å². The maximum atomic E-state index is 14.9. The summed E-state index contributed by atoms with van der Waals surface area (Å²) >= 11 is 0. The third kappa shape index (κ3) is 7.89. The Labute approximate surface area is 209 Å². The summed E-state index contributed by atoms with van der Waals surface area (Å²) in [5.74, 6) is -0.800. The zero-order valence-electron chi connectivity index (χ0n) is 22.2. The summed E-state index contributed by atoms with van der Waals surface area (Å²) in [5.41, 5.74) is 3.79. The molecule has 0 heterocycles. The van der Waals surface area contributed by atoms with Crippen LogP contribution in [0, 0.1) is 23.6 Å². The highest BCUT2D eigenvalue weighted by atomic mass is 19.1. The molecule has 2 aromatic carbocycles. The van der Waals surface area contributed by atoms with Gasteiger partial charge in [-0.1, -0.05) is 47.6 Å². The van der Waals surface area contributed by atoms with E-state index < -0.39 is 5.82 Å². The highest BCUT2D eigenvalue weighted by Gasteiger charge is 2.25. The lowest BCUT2D eigenvalue weighted by molar-refractivity contribution is 0.0935. The van der Waals surface area contributed by atoms with E-state index in [0.717, 1.165) is 30.5 Å². The van der Waals surface area contributed by atoms with E-state index in [-0.39, 0.29) is 28.7 Å². The number of hydrogen-bond donors (Lipinski definition) is 3. The van der Waals surface area contributed by atoms with E-state index in [0.29, 0.717) is 35.3 Å². The molecule has 1 saturated carbocycles. The number of carbonyl (C=O) groups is 2. The first-order valence-corrected chi connectivity index (χ1v) is 12.5. The third-order valence-corrected chi connectivity index (χ3v) is 5.93. The van der Waals surface area contributed by atoms with Crippen LogP contribution in [-0.4, -0.2) is 30.9 Å². The number of carbonyl (C=O) groups excluding carboxylic acids is 2. The molecule has 2 amide bonds. The van der Waals surface area contributed by atoms with E-state index in [1.807, 2.05) is 12.1 Å². The molecule has 0 radical (unpaired) electrons. The largest absolute Gasteiger partial charge is 0.352 e. The van der Waals surface area contributed by atoms with Gasteiger partial charge < -0.3 is 16.0 Å². The monoisotopic (exact) mass is 481 g/mol. The Morgan fingerprint density at radius 2 is 1.54 bits per heavy atom. The van der Waals surface area contributed by atoms with Crippen molar-refractivity contribution in [3.8, 4) is 11.1 Å². The molecule has 0 spiro atoms. The molecule has 0 atom stereocenters. The number of halogens is 1. The van der Waals surface area contributed by atoms with Crippen molar-refractivity contribution in [1.29, 1.82) is 0 Å². The van der Waals surface area contributed by atoms with E-state index in [1.54, 1.807) is 19.1 Å². The summed E-state index contributed by atoms with van der Waals surface area (Å²) in [4.78, 5) is 25.5. The maximum absolute atomic E-state index is 14.9. The van der Waals surface area contributed by atoms with Crippen LogP contribution in [-0.2, 0) is 6.54 Å². The molecule has 0 bridgehead atoms. The van der Waals surface area contributed by atoms with Gasteiger partial charge in [-0.05, 0) is 77.1 Å². The van der Waals surface area contributed by atoms with Gasteiger partial charge in [-0.25, -0.2) is 4.39 Å². The van der Waals surface area contributed by atoms with Crippen molar-refractivity contribution in [2.75, 3.05) is 13.1 Å². The molecule has 3 rings (SSSR count). The predicted octanol–water partition coefficient (Wildman–Crippen LogP) is 5.60. The molecule has 6 heteroatoms. The zero-order valence-corrected chi connectivity index (χ0v) is 22.2. The molecule has 0 saturated heterocycles. The second-order valence-corrected chi connectivity index (χ2v) is 12.2. The van der Waals surface area contributed by atoms with Gasteiger partial charge in [-0.15, -0.1) is 0 Å². The Balaban J connectivity index is 1.98. The molecule has 0 aromatic heterocycles. The molecule has 35 heavy (non-hydrogen) atoms. The Morgan fingerprint density at radius 3 is 2.14 bits per heavy atom. The maximum Gasteiger partial charge on any atom is 0.251 e. The van der Waals surface area contributed by atoms with Crippen molar-refractivity contribution >= 4 is 11.8 Å². The Bertz CT molecular complexity index is 1090. The van der Waals surface area contributed by atoms with E-state index >= 15 is 0 Å². The number of benzene rings is 2. The van der Waals surface area contributed by atoms with Crippen LogP contribution in [0.5, 0.6) is 0 Å². The summed E-state index contributed by atoms with van der Waals surface area (Å²) in [6, 6.07) is 8.77. The van der Waals surface area contributed by atoms with Crippen molar-refractivity contribution in [2.24, 2.45) is 10.8 Å². The summed E-state index contributed by atoms with van der Waals surface area (Å²) < 4.78 is 14.9. The quantitative estimate of drug-likeness (QED) is 0.459. The minimum Gasteiger partial charge on any atom is -0.352 e. The van der Waals surface area contributed by atoms with Crippen LogP contribution in [0.3, 0.4) is 0 Å². The molecule has 0 unspecified atom stereocenters. The Morgan fingerprint density at radius 1 is 0.886 bits per heavy atom. The minimum absolute atomic E-state index is 0.0250. The normalized spacial score (nSPS) is 14.1. The van der Waals surface area contributed by atoms with Gasteiger partial charge in [0.2, 0.25) is 0 Å². The van der Waals surface area contributed by atoms with E-state index in [2.05, 4.69) is 57.5 Å². The van der Waals surface area contributed by atoms with Crippen molar-refractivity contribution in [3.63, 3.8) is 0 Å². The first-order chi connectivity index (χ1) is 16.2. The Hall–Kier alpha value is -2.73. The van der Waals surface area contributed by atoms with Crippen molar-refractivity contribution in [1.82, 2.24) is 16.0 Å². The van der Waals surface area contributed by atoms with Crippen molar-refractivity contribution < 1.29 is 14.0 Å². The standard InChI is InChI=1S/C29H40FN3O2/c1-18-24(13-20(14-25(18)30)27(35)33-22-9-10-22)23-11-8-19(26(34)32-17-29(5,6)7)12-21(23)15-31-16-28(2,3)4/h8,11-14,22,31H,9-10,15-17H2,1-7H3,(H,32,34)(H,33,35). The number of hydrogen-bond acceptors (Lipinski definition) is 3. The van der Waals surface area contributed by atoms with Crippen LogP contribution >= 0.6 is 0 Å². The third-order valence-electron chi connectivity index (χ3n) is 5.93. The lowest BCUT2D eigenvalue weighted by Gasteiger charge is -2.21. The molecule has 1 fully saturated rings. The summed E-state index contributed by atoms with van der Waals surface area (Å²) in [7, 11) is 0. The fraction of sp³-hybridized carbons (Fsp3) is 0.517. The van der Waals surface area contributed by atoms with Crippen molar-refractivity contribution in [2.45, 2.75) is 73.9 Å². The lowest BCUT2D eigenvalue weighted by atomic mass is 9.91. The zero-order chi connectivity index (χ0) is 26.0. The van der Waals surface area contributed by atoms with Crippen LogP contribution in [0.2, 0.25) is 0 Å². The van der Waals surface area contributed by atoms with Gasteiger partial charge in [0.15, 0.2) is 0 Å². The molecule has 1 aliphatic rings. The molecule has 3 N–H and O–H groups in total. The van der Waals surface area contributed by atoms with Crippen LogP contribution in [0.4, 0.5) is 4.39 Å². The molecule has 190 valence electrons. The fourth-order valence-electron chi connectivity index (χ4n) is 3.75. The average molecular weight is 482 g/mol. The van der Waals surface area contributed by atoms with Gasteiger partial charge in [0.05, 0.1) is 0 Å². The van der Waals surface area contributed by atoms with Crippen LogP contribution in [0.25, 0.3) is 11.1 Å². The van der Waals surface area contributed by atoms with Crippen molar-refractivity contribution in [3.05, 3.63) is 58.4 Å². The summed E-state index contributed by atoms with van der Waals surface area (Å²) in [5, 5.41) is 9.42. The van der Waals surface area contributed by atoms with Gasteiger partial charge in [0, 0.05) is 36.8 Å². The highest BCUT2D eigenvalue weighted by Crippen LogP contribution is 2.31. The molecule has 2 aromatic rings. The summed E-state index contributed by atoms with van der Waals surface area (Å²) in [6.45, 7) is 16.3. The molecule has 5 nitrogen and oxygen atoms in total. The number of nitrogens with one attached hydrogen (secondary N) is 3. The molecular weight excluding hydrogens is 441 g/mol. The van der Waals surface area contributed by atoms with Gasteiger partial charge in [0.1, 0.15) is 5.82 Å². The topological polar surface area (TPSA) is 70.2 Å². The number of rotatable bonds is 8. The van der Waals surface area contributed by atoms with Crippen LogP contribution < -0.4 is 16.0 Å². The first-order valence-electron chi connectivity index (χ1n) is 12.5.